The van der Waals surface area contributed by atoms with Crippen LogP contribution in [0.3, 0.4) is 0 Å². The van der Waals surface area contributed by atoms with Crippen LogP contribution in [0.5, 0.6) is 5.75 Å². The van der Waals surface area contributed by atoms with Gasteiger partial charge in [0.15, 0.2) is 0 Å². The molecule has 0 heterocycles. The van der Waals surface area contributed by atoms with E-state index in [-0.39, 0.29) is 0 Å². The van der Waals surface area contributed by atoms with Crippen molar-refractivity contribution >= 4 is 17.8 Å². The molecule has 1 aromatic carbocycles. The van der Waals surface area contributed by atoms with Crippen LogP contribution < -0.4 is 15.9 Å². The fourth-order valence-corrected chi connectivity index (χ4v) is 1.11. The predicted molar refractivity (Wildman–Crippen MR) is 67.9 cm³/mol. The summed E-state index contributed by atoms with van der Waals surface area (Å²) in [6.07, 6.45) is 3.65. The van der Waals surface area contributed by atoms with Crippen molar-refractivity contribution in [3.05, 3.63) is 35.9 Å². The van der Waals surface area contributed by atoms with Crippen LogP contribution in [-0.4, -0.2) is 18.9 Å². The number of hydrazone groups is 1. The van der Waals surface area contributed by atoms with Gasteiger partial charge in [0, 0.05) is 0 Å². The lowest BCUT2D eigenvalue weighted by Crippen LogP contribution is -2.25. The van der Waals surface area contributed by atoms with Crippen molar-refractivity contribution < 1.29 is 9.53 Å². The van der Waals surface area contributed by atoms with Gasteiger partial charge >= 0.3 is 6.03 Å². The van der Waals surface area contributed by atoms with E-state index in [9.17, 15) is 4.79 Å². The number of ether oxygens (including phenoxy) is 1. The highest BCUT2D eigenvalue weighted by molar-refractivity contribution is 5.96. The second-order valence-corrected chi connectivity index (χ2v) is 3.34. The van der Waals surface area contributed by atoms with Gasteiger partial charge in [-0.25, -0.2) is 10.2 Å². The number of carbonyl (C=O) groups is 1. The maximum Gasteiger partial charge on any atom is 0.332 e. The molecule has 5 heteroatoms. The van der Waals surface area contributed by atoms with Crippen molar-refractivity contribution in [2.24, 2.45) is 10.8 Å². The zero-order valence-electron chi connectivity index (χ0n) is 9.81. The van der Waals surface area contributed by atoms with Crippen LogP contribution in [0.15, 0.2) is 35.4 Å². The van der Waals surface area contributed by atoms with Crippen molar-refractivity contribution in [2.45, 2.75) is 6.92 Å². The quantitative estimate of drug-likeness (QED) is 0.614. The molecule has 0 saturated carbocycles. The molecule has 0 atom stereocenters. The van der Waals surface area contributed by atoms with E-state index < -0.39 is 6.03 Å². The molecule has 90 valence electrons. The first-order valence-corrected chi connectivity index (χ1v) is 5.03. The number of rotatable bonds is 4. The molecule has 1 aromatic rings. The van der Waals surface area contributed by atoms with Crippen LogP contribution in [0.4, 0.5) is 4.79 Å². The van der Waals surface area contributed by atoms with E-state index in [0.29, 0.717) is 5.71 Å². The number of hydrogen-bond acceptors (Lipinski definition) is 3. The molecule has 0 aliphatic heterocycles. The fourth-order valence-electron chi connectivity index (χ4n) is 1.11. The third kappa shape index (κ3) is 4.83. The lowest BCUT2D eigenvalue weighted by molar-refractivity contribution is 0.249. The lowest BCUT2D eigenvalue weighted by Gasteiger charge is -1.99. The van der Waals surface area contributed by atoms with Gasteiger partial charge in [-0.3, -0.25) is 0 Å². The Morgan fingerprint density at radius 1 is 1.41 bits per heavy atom. The van der Waals surface area contributed by atoms with Gasteiger partial charge in [-0.15, -0.1) is 0 Å². The summed E-state index contributed by atoms with van der Waals surface area (Å²) in [5.74, 6) is 0.808. The van der Waals surface area contributed by atoms with Crippen molar-refractivity contribution in [1.82, 2.24) is 5.43 Å². The SMILES string of the molecule is COc1ccc(/C=C\C(C)=N\NC(N)=O)cc1. The minimum Gasteiger partial charge on any atom is -0.497 e. The van der Waals surface area contributed by atoms with E-state index in [2.05, 4.69) is 10.5 Å². The van der Waals surface area contributed by atoms with Gasteiger partial charge in [0.05, 0.1) is 12.8 Å². The van der Waals surface area contributed by atoms with Crippen LogP contribution in [0, 0.1) is 0 Å². The van der Waals surface area contributed by atoms with Crippen molar-refractivity contribution in [3.63, 3.8) is 0 Å². The van der Waals surface area contributed by atoms with Crippen LogP contribution in [0.2, 0.25) is 0 Å². The average Bonchev–Trinajstić information content (AvgIpc) is 2.34. The molecule has 0 bridgehead atoms. The Balaban J connectivity index is 2.63. The largest absolute Gasteiger partial charge is 0.497 e. The second kappa shape index (κ2) is 6.32. The molecule has 0 aromatic heterocycles. The molecule has 0 aliphatic carbocycles. The number of carbonyl (C=O) groups excluding carboxylic acids is 1. The van der Waals surface area contributed by atoms with Crippen molar-refractivity contribution in [3.8, 4) is 5.75 Å². The molecule has 0 aliphatic rings. The van der Waals surface area contributed by atoms with E-state index in [0.717, 1.165) is 11.3 Å². The van der Waals surface area contributed by atoms with Gasteiger partial charge in [-0.1, -0.05) is 18.2 Å². The third-order valence-corrected chi connectivity index (χ3v) is 1.98. The van der Waals surface area contributed by atoms with Crippen LogP contribution in [0.25, 0.3) is 6.08 Å². The number of nitrogens with one attached hydrogen (secondary N) is 1. The number of nitrogens with zero attached hydrogens (tertiary/aromatic N) is 1. The zero-order valence-corrected chi connectivity index (χ0v) is 9.81. The molecule has 5 nitrogen and oxygen atoms in total. The Morgan fingerprint density at radius 2 is 2.06 bits per heavy atom. The summed E-state index contributed by atoms with van der Waals surface area (Å²) in [6.45, 7) is 1.76. The number of allylic oxidation sites excluding steroid dienone is 1. The molecule has 2 amide bonds. The highest BCUT2D eigenvalue weighted by atomic mass is 16.5. The minimum atomic E-state index is -0.679. The first-order chi connectivity index (χ1) is 8.11. The Labute approximate surface area is 100.0 Å². The van der Waals surface area contributed by atoms with Gasteiger partial charge in [0.25, 0.3) is 0 Å². The molecule has 0 saturated heterocycles. The third-order valence-electron chi connectivity index (χ3n) is 1.98. The zero-order chi connectivity index (χ0) is 12.7. The van der Waals surface area contributed by atoms with Gasteiger partial charge in [0.2, 0.25) is 0 Å². The molecule has 1 rings (SSSR count). The summed E-state index contributed by atoms with van der Waals surface area (Å²) in [4.78, 5) is 10.4. The summed E-state index contributed by atoms with van der Waals surface area (Å²) in [6, 6.07) is 6.90. The van der Waals surface area contributed by atoms with Gasteiger partial charge in [-0.05, 0) is 30.7 Å². The van der Waals surface area contributed by atoms with Crippen molar-refractivity contribution in [2.75, 3.05) is 7.11 Å². The molecule has 0 fully saturated rings. The summed E-state index contributed by atoms with van der Waals surface area (Å²) in [5, 5.41) is 3.75. The molecular weight excluding hydrogens is 218 g/mol. The summed E-state index contributed by atoms with van der Waals surface area (Å²) >= 11 is 0. The molecular formula is C12H15N3O2. The Morgan fingerprint density at radius 3 is 2.59 bits per heavy atom. The van der Waals surface area contributed by atoms with Crippen molar-refractivity contribution in [1.29, 1.82) is 0 Å². The standard InChI is InChI=1S/C12H15N3O2/c1-9(14-15-12(13)16)3-4-10-5-7-11(17-2)8-6-10/h3-8H,1-2H3,(H3,13,15,16)/b4-3-,14-9+. The van der Waals surface area contributed by atoms with Crippen LogP contribution in [-0.2, 0) is 0 Å². The summed E-state index contributed by atoms with van der Waals surface area (Å²) in [7, 11) is 1.62. The normalized spacial score (nSPS) is 11.5. The maximum absolute atomic E-state index is 10.4. The Kier molecular flexibility index (Phi) is 4.75. The predicted octanol–water partition coefficient (Wildman–Crippen LogP) is 1.75. The summed E-state index contributed by atoms with van der Waals surface area (Å²) < 4.78 is 5.05. The number of amides is 2. The van der Waals surface area contributed by atoms with E-state index in [1.165, 1.54) is 0 Å². The Bertz CT molecular complexity index is 436. The first-order valence-electron chi connectivity index (χ1n) is 5.03. The van der Waals surface area contributed by atoms with E-state index in [4.69, 9.17) is 10.5 Å². The highest BCUT2D eigenvalue weighted by Gasteiger charge is 1.91. The number of nitrogens with two attached hydrogens (primary N) is 1. The molecule has 3 N–H and O–H groups in total. The second-order valence-electron chi connectivity index (χ2n) is 3.34. The average molecular weight is 233 g/mol. The van der Waals surface area contributed by atoms with Gasteiger partial charge in [-0.2, -0.15) is 5.10 Å². The topological polar surface area (TPSA) is 76.7 Å². The number of urea groups is 1. The fraction of sp³-hybridized carbons (Fsp3) is 0.167. The number of hydrogen-bond donors (Lipinski definition) is 2. The van der Waals surface area contributed by atoms with E-state index in [1.54, 1.807) is 20.1 Å². The Hall–Kier alpha value is -2.30. The van der Waals surface area contributed by atoms with Crippen LogP contribution in [0.1, 0.15) is 12.5 Å². The number of benzene rings is 1. The van der Waals surface area contributed by atoms with Gasteiger partial charge < -0.3 is 10.5 Å². The highest BCUT2D eigenvalue weighted by Crippen LogP contribution is 2.12. The number of methoxy groups -OCH3 is 1. The van der Waals surface area contributed by atoms with E-state index >= 15 is 0 Å². The lowest BCUT2D eigenvalue weighted by atomic mass is 10.2. The van der Waals surface area contributed by atoms with Crippen LogP contribution >= 0.6 is 0 Å². The minimum absolute atomic E-state index is 0.652. The monoisotopic (exact) mass is 233 g/mol. The molecule has 0 unspecified atom stereocenters. The maximum atomic E-state index is 10.4. The first kappa shape index (κ1) is 12.8. The smallest absolute Gasteiger partial charge is 0.332 e. The molecule has 0 radical (unpaired) electrons. The molecule has 0 spiro atoms. The number of primary amides is 1. The van der Waals surface area contributed by atoms with Gasteiger partial charge in [0.1, 0.15) is 5.75 Å². The molecule has 17 heavy (non-hydrogen) atoms. The van der Waals surface area contributed by atoms with E-state index in [1.807, 2.05) is 30.3 Å². The summed E-state index contributed by atoms with van der Waals surface area (Å²) in [5.41, 5.74) is 8.71.